The van der Waals surface area contributed by atoms with Crippen LogP contribution in [0.25, 0.3) is 0 Å². The van der Waals surface area contributed by atoms with Gasteiger partial charge in [-0.2, -0.15) is 0 Å². The Kier molecular flexibility index (Phi) is 6.21. The number of hydrogen-bond donors (Lipinski definition) is 1. The van der Waals surface area contributed by atoms with Crippen LogP contribution >= 0.6 is 0 Å². The number of rotatable bonds is 7. The van der Waals surface area contributed by atoms with E-state index >= 15 is 0 Å². The van der Waals surface area contributed by atoms with Gasteiger partial charge in [-0.05, 0) is 37.4 Å². The molecule has 3 nitrogen and oxygen atoms in total. The second kappa shape index (κ2) is 7.44. The molecule has 0 amide bonds. The number of carbonyl (C=O) groups is 1. The summed E-state index contributed by atoms with van der Waals surface area (Å²) in [5.74, 6) is -0.420. The van der Waals surface area contributed by atoms with Crippen molar-refractivity contribution in [3.8, 4) is 0 Å². The smallest absolute Gasteiger partial charge is 0.307 e. The van der Waals surface area contributed by atoms with Gasteiger partial charge in [0.25, 0.3) is 0 Å². The van der Waals surface area contributed by atoms with Crippen molar-refractivity contribution in [2.75, 3.05) is 13.6 Å². The van der Waals surface area contributed by atoms with Crippen molar-refractivity contribution in [3.63, 3.8) is 0 Å². The van der Waals surface area contributed by atoms with Crippen LogP contribution in [0.1, 0.15) is 44.9 Å². The van der Waals surface area contributed by atoms with Crippen LogP contribution in [0.2, 0.25) is 0 Å². The molecule has 3 heteroatoms. The largest absolute Gasteiger partial charge is 0.481 e. The molecule has 0 aromatic heterocycles. The van der Waals surface area contributed by atoms with E-state index in [4.69, 9.17) is 5.11 Å². The average Bonchev–Trinajstić information content (AvgIpc) is 2.37. The van der Waals surface area contributed by atoms with Crippen molar-refractivity contribution in [3.05, 3.63) is 35.4 Å². The van der Waals surface area contributed by atoms with Crippen LogP contribution in [0.15, 0.2) is 24.3 Å². The highest BCUT2D eigenvalue weighted by molar-refractivity contribution is 5.69. The predicted molar refractivity (Wildman–Crippen MR) is 82.8 cm³/mol. The lowest BCUT2D eigenvalue weighted by Crippen LogP contribution is -2.30. The summed E-state index contributed by atoms with van der Waals surface area (Å²) in [7, 11) is 1.98. The number of hydrogen-bond acceptors (Lipinski definition) is 2. The molecule has 1 aromatic rings. The number of aliphatic carboxylic acids is 1. The van der Waals surface area contributed by atoms with E-state index < -0.39 is 5.97 Å². The Balaban J connectivity index is 2.66. The molecule has 1 N–H and O–H groups in total. The Morgan fingerprint density at radius 3 is 2.15 bits per heavy atom. The average molecular weight is 277 g/mol. The number of carboxylic acids is 1. The molecule has 0 aliphatic heterocycles. The quantitative estimate of drug-likeness (QED) is 0.828. The van der Waals surface area contributed by atoms with Crippen LogP contribution in [-0.4, -0.2) is 29.6 Å². The van der Waals surface area contributed by atoms with E-state index in [0.717, 1.165) is 6.42 Å². The molecule has 0 aliphatic rings. The van der Waals surface area contributed by atoms with E-state index in [1.165, 1.54) is 11.1 Å². The summed E-state index contributed by atoms with van der Waals surface area (Å²) in [6, 6.07) is 8.90. The molecule has 2 unspecified atom stereocenters. The summed E-state index contributed by atoms with van der Waals surface area (Å²) in [5, 5.41) is 8.98. The van der Waals surface area contributed by atoms with Gasteiger partial charge in [0.2, 0.25) is 0 Å². The fourth-order valence-corrected chi connectivity index (χ4v) is 2.33. The van der Waals surface area contributed by atoms with Gasteiger partial charge in [-0.1, -0.05) is 45.0 Å². The van der Waals surface area contributed by atoms with Crippen LogP contribution in [0, 0.1) is 11.8 Å². The zero-order valence-corrected chi connectivity index (χ0v) is 13.3. The van der Waals surface area contributed by atoms with Gasteiger partial charge < -0.3 is 5.11 Å². The lowest BCUT2D eigenvalue weighted by molar-refractivity contribution is -0.141. The minimum atomic E-state index is -0.740. The number of nitrogens with zero attached hydrogens (tertiary/aromatic N) is 1. The van der Waals surface area contributed by atoms with Gasteiger partial charge in [0.1, 0.15) is 0 Å². The Morgan fingerprint density at radius 2 is 1.70 bits per heavy atom. The van der Waals surface area contributed by atoms with E-state index in [-0.39, 0.29) is 12.0 Å². The molecule has 0 fully saturated rings. The molecule has 1 aromatic carbocycles. The maximum atomic E-state index is 10.9. The lowest BCUT2D eigenvalue weighted by atomic mass is 9.99. The molecule has 0 spiro atoms. The van der Waals surface area contributed by atoms with Gasteiger partial charge in [-0.3, -0.25) is 9.69 Å². The number of carboxylic acid groups (broad SMARTS) is 1. The van der Waals surface area contributed by atoms with Gasteiger partial charge in [-0.25, -0.2) is 0 Å². The topological polar surface area (TPSA) is 40.5 Å². The number of benzene rings is 1. The van der Waals surface area contributed by atoms with Crippen LogP contribution in [-0.2, 0) is 11.2 Å². The summed E-state index contributed by atoms with van der Waals surface area (Å²) in [6.45, 7) is 8.86. The zero-order valence-electron chi connectivity index (χ0n) is 13.3. The maximum Gasteiger partial charge on any atom is 0.307 e. The molecular weight excluding hydrogens is 250 g/mol. The standard InChI is InChI=1S/C17H27NO2/c1-12(2)10-15-6-8-16(9-7-15)14(4)18(5)11-13(3)17(19)20/h6-9,12-14H,10-11H2,1-5H3,(H,19,20). The maximum absolute atomic E-state index is 10.9. The van der Waals surface area contributed by atoms with E-state index in [1.807, 2.05) is 7.05 Å². The van der Waals surface area contributed by atoms with Gasteiger partial charge in [0, 0.05) is 12.6 Å². The molecule has 0 heterocycles. The summed E-state index contributed by atoms with van der Waals surface area (Å²) >= 11 is 0. The molecule has 112 valence electrons. The van der Waals surface area contributed by atoms with E-state index in [2.05, 4.69) is 49.9 Å². The molecule has 0 aliphatic carbocycles. The third-order valence-corrected chi connectivity index (χ3v) is 3.75. The SMILES string of the molecule is CC(C)Cc1ccc(C(C)N(C)CC(C)C(=O)O)cc1. The van der Waals surface area contributed by atoms with Crippen molar-refractivity contribution in [2.45, 2.75) is 40.2 Å². The Bertz CT molecular complexity index is 425. The normalized spacial score (nSPS) is 14.6. The minimum Gasteiger partial charge on any atom is -0.481 e. The van der Waals surface area contributed by atoms with E-state index in [0.29, 0.717) is 12.5 Å². The molecule has 0 radical (unpaired) electrons. The molecule has 0 bridgehead atoms. The zero-order chi connectivity index (χ0) is 15.3. The first-order chi connectivity index (χ1) is 9.31. The summed E-state index contributed by atoms with van der Waals surface area (Å²) in [5.41, 5.74) is 2.59. The van der Waals surface area contributed by atoms with Gasteiger partial charge >= 0.3 is 5.97 Å². The first-order valence-electron chi connectivity index (χ1n) is 7.33. The monoisotopic (exact) mass is 277 g/mol. The third-order valence-electron chi connectivity index (χ3n) is 3.75. The van der Waals surface area contributed by atoms with Gasteiger partial charge in [0.15, 0.2) is 0 Å². The first kappa shape index (κ1) is 16.7. The second-order valence-corrected chi connectivity index (χ2v) is 6.19. The minimum absolute atomic E-state index is 0.227. The Morgan fingerprint density at radius 1 is 1.15 bits per heavy atom. The van der Waals surface area contributed by atoms with Crippen LogP contribution in [0.5, 0.6) is 0 Å². The fraction of sp³-hybridized carbons (Fsp3) is 0.588. The Labute approximate surface area is 122 Å². The molecule has 0 saturated carbocycles. The van der Waals surface area contributed by atoms with Crippen molar-refractivity contribution in [1.82, 2.24) is 4.90 Å². The van der Waals surface area contributed by atoms with Crippen molar-refractivity contribution in [2.24, 2.45) is 11.8 Å². The molecule has 20 heavy (non-hydrogen) atoms. The molecule has 1 rings (SSSR count). The first-order valence-corrected chi connectivity index (χ1v) is 7.33. The molecule has 2 atom stereocenters. The lowest BCUT2D eigenvalue weighted by Gasteiger charge is -2.26. The summed E-state index contributed by atoms with van der Waals surface area (Å²) in [6.07, 6.45) is 1.10. The summed E-state index contributed by atoms with van der Waals surface area (Å²) < 4.78 is 0. The summed E-state index contributed by atoms with van der Waals surface area (Å²) in [4.78, 5) is 13.0. The van der Waals surface area contributed by atoms with Crippen LogP contribution in [0.3, 0.4) is 0 Å². The molecular formula is C17H27NO2. The van der Waals surface area contributed by atoms with Gasteiger partial charge in [0.05, 0.1) is 5.92 Å². The van der Waals surface area contributed by atoms with Crippen LogP contribution < -0.4 is 0 Å². The van der Waals surface area contributed by atoms with E-state index in [9.17, 15) is 4.79 Å². The van der Waals surface area contributed by atoms with Crippen molar-refractivity contribution >= 4 is 5.97 Å². The highest BCUT2D eigenvalue weighted by atomic mass is 16.4. The Hall–Kier alpha value is -1.35. The van der Waals surface area contributed by atoms with Gasteiger partial charge in [-0.15, -0.1) is 0 Å². The second-order valence-electron chi connectivity index (χ2n) is 6.19. The molecule has 0 saturated heterocycles. The van der Waals surface area contributed by atoms with Crippen LogP contribution in [0.4, 0.5) is 0 Å². The fourth-order valence-electron chi connectivity index (χ4n) is 2.33. The van der Waals surface area contributed by atoms with Crippen molar-refractivity contribution in [1.29, 1.82) is 0 Å². The highest BCUT2D eigenvalue weighted by Gasteiger charge is 2.18. The predicted octanol–water partition coefficient (Wildman–Crippen LogP) is 3.60. The third kappa shape index (κ3) is 4.97. The highest BCUT2D eigenvalue weighted by Crippen LogP contribution is 2.21. The van der Waals surface area contributed by atoms with Crippen molar-refractivity contribution < 1.29 is 9.90 Å². The van der Waals surface area contributed by atoms with E-state index in [1.54, 1.807) is 6.92 Å².